The van der Waals surface area contributed by atoms with E-state index in [1.165, 1.54) is 4.68 Å². The van der Waals surface area contributed by atoms with Crippen LogP contribution in [-0.2, 0) is 0 Å². The molecule has 9 heteroatoms. The molecule has 0 fully saturated rings. The molecule has 3 rings (SSSR count). The lowest BCUT2D eigenvalue weighted by molar-refractivity contribution is 0.470. The smallest absolute Gasteiger partial charge is 0.216 e. The van der Waals surface area contributed by atoms with Gasteiger partial charge in [-0.2, -0.15) is 14.9 Å². The average Bonchev–Trinajstić information content (AvgIpc) is 2.90. The van der Waals surface area contributed by atoms with Crippen molar-refractivity contribution >= 4 is 79.5 Å². The van der Waals surface area contributed by atoms with E-state index in [2.05, 4.69) is 76.4 Å². The fourth-order valence-electron chi connectivity index (χ4n) is 2.02. The van der Waals surface area contributed by atoms with Crippen molar-refractivity contribution in [3.8, 4) is 17.1 Å². The Hall–Kier alpha value is -0.790. The monoisotopic (exact) mass is 626 g/mol. The third kappa shape index (κ3) is 3.73. The molecule has 0 saturated heterocycles. The van der Waals surface area contributed by atoms with E-state index in [0.717, 1.165) is 17.2 Å². The second-order valence-corrected chi connectivity index (χ2v) is 8.36. The summed E-state index contributed by atoms with van der Waals surface area (Å²) in [6.45, 7) is 0. The molecule has 0 radical (unpaired) electrons. The largest absolute Gasteiger partial charge is 0.506 e. The molecule has 24 heavy (non-hydrogen) atoms. The van der Waals surface area contributed by atoms with Crippen molar-refractivity contribution < 1.29 is 5.11 Å². The van der Waals surface area contributed by atoms with Crippen LogP contribution in [0.1, 0.15) is 5.56 Å². The van der Waals surface area contributed by atoms with Gasteiger partial charge in [0.2, 0.25) is 4.77 Å². The number of nitrogens with one attached hydrogen (secondary N) is 1. The van der Waals surface area contributed by atoms with Crippen LogP contribution < -0.4 is 0 Å². The third-order valence-electron chi connectivity index (χ3n) is 3.14. The Morgan fingerprint density at radius 1 is 1.29 bits per heavy atom. The number of hydrogen-bond acceptors (Lipinski definition) is 4. The zero-order chi connectivity index (χ0) is 17.3. The molecule has 0 aliphatic rings. The van der Waals surface area contributed by atoms with Gasteiger partial charge in [0, 0.05) is 19.2 Å². The lowest BCUT2D eigenvalue weighted by Gasteiger charge is -2.05. The Morgan fingerprint density at radius 3 is 2.79 bits per heavy atom. The highest BCUT2D eigenvalue weighted by atomic mass is 127. The quantitative estimate of drug-likeness (QED) is 0.240. The van der Waals surface area contributed by atoms with Crippen LogP contribution in [0.15, 0.2) is 46.0 Å². The van der Waals surface area contributed by atoms with Gasteiger partial charge in [0.15, 0.2) is 5.82 Å². The van der Waals surface area contributed by atoms with Crippen LogP contribution in [0, 0.1) is 11.9 Å². The summed E-state index contributed by atoms with van der Waals surface area (Å²) in [4.78, 5) is 0. The standard InChI is InChI=1S/C15H9BrI2N4OS/c16-11-4-2-1-3-10(11)14-20-21-15(24)22(14)19-7-8-5-9(17)6-12(18)13(8)23/h1-7,23H,(H,21,24)/b19-7-. The number of phenols is 1. The first-order valence-electron chi connectivity index (χ1n) is 6.62. The van der Waals surface area contributed by atoms with Gasteiger partial charge in [0.1, 0.15) is 5.75 Å². The lowest BCUT2D eigenvalue weighted by atomic mass is 10.2. The summed E-state index contributed by atoms with van der Waals surface area (Å²) in [5.74, 6) is 0.778. The van der Waals surface area contributed by atoms with Crippen LogP contribution in [0.25, 0.3) is 11.4 Å². The summed E-state index contributed by atoms with van der Waals surface area (Å²) in [5, 5.41) is 21.6. The second kappa shape index (κ2) is 7.62. The third-order valence-corrected chi connectivity index (χ3v) is 5.54. The molecule has 3 aromatic rings. The lowest BCUT2D eigenvalue weighted by Crippen LogP contribution is -1.96. The Kier molecular flexibility index (Phi) is 5.72. The molecule has 0 unspecified atom stereocenters. The van der Waals surface area contributed by atoms with E-state index >= 15 is 0 Å². The van der Waals surface area contributed by atoms with E-state index in [4.69, 9.17) is 12.2 Å². The number of rotatable bonds is 3. The highest BCUT2D eigenvalue weighted by Gasteiger charge is 2.11. The predicted molar refractivity (Wildman–Crippen MR) is 117 cm³/mol. The fourth-order valence-corrected chi connectivity index (χ4v) is 4.55. The van der Waals surface area contributed by atoms with Gasteiger partial charge in [-0.05, 0) is 81.7 Å². The number of hydrogen-bond donors (Lipinski definition) is 2. The number of nitrogens with zero attached hydrogens (tertiary/aromatic N) is 3. The molecule has 122 valence electrons. The van der Waals surface area contributed by atoms with Crippen LogP contribution in [-0.4, -0.2) is 26.2 Å². The van der Waals surface area contributed by atoms with Crippen LogP contribution in [0.3, 0.4) is 0 Å². The van der Waals surface area contributed by atoms with Crippen LogP contribution >= 0.6 is 73.3 Å². The number of halogens is 3. The summed E-state index contributed by atoms with van der Waals surface area (Å²) in [6.07, 6.45) is 1.57. The minimum Gasteiger partial charge on any atom is -0.506 e. The number of benzene rings is 2. The highest BCUT2D eigenvalue weighted by Crippen LogP contribution is 2.28. The molecule has 1 heterocycles. The normalized spacial score (nSPS) is 11.3. The Morgan fingerprint density at radius 2 is 2.04 bits per heavy atom. The van der Waals surface area contributed by atoms with Gasteiger partial charge in [-0.1, -0.05) is 28.1 Å². The minimum absolute atomic E-state index is 0.192. The Balaban J connectivity index is 2.08. The fraction of sp³-hybridized carbons (Fsp3) is 0. The van der Waals surface area contributed by atoms with E-state index < -0.39 is 0 Å². The molecule has 0 atom stereocenters. The summed E-state index contributed by atoms with van der Waals surface area (Å²) in [5.41, 5.74) is 1.48. The highest BCUT2D eigenvalue weighted by molar-refractivity contribution is 14.1. The SMILES string of the molecule is Oc1c(I)cc(I)cc1/C=N\n1c(-c2ccccc2Br)n[nH]c1=S. The van der Waals surface area contributed by atoms with Gasteiger partial charge >= 0.3 is 0 Å². The van der Waals surface area contributed by atoms with E-state index in [-0.39, 0.29) is 5.75 Å². The van der Waals surface area contributed by atoms with Gasteiger partial charge in [-0.15, -0.1) is 0 Å². The molecule has 0 saturated carbocycles. The maximum absolute atomic E-state index is 10.2. The van der Waals surface area contributed by atoms with Gasteiger partial charge in [-0.3, -0.25) is 0 Å². The van der Waals surface area contributed by atoms with Gasteiger partial charge in [-0.25, -0.2) is 5.10 Å². The first-order chi connectivity index (χ1) is 11.5. The van der Waals surface area contributed by atoms with Crippen molar-refractivity contribution in [3.05, 3.63) is 58.3 Å². The molecule has 2 aromatic carbocycles. The number of aromatic nitrogens is 3. The van der Waals surface area contributed by atoms with Gasteiger partial charge < -0.3 is 5.11 Å². The van der Waals surface area contributed by atoms with Crippen molar-refractivity contribution in [2.75, 3.05) is 0 Å². The van der Waals surface area contributed by atoms with Crippen LogP contribution in [0.2, 0.25) is 0 Å². The minimum atomic E-state index is 0.192. The first-order valence-corrected chi connectivity index (χ1v) is 9.98. The van der Waals surface area contributed by atoms with Crippen molar-refractivity contribution in [1.29, 1.82) is 0 Å². The predicted octanol–water partition coefficient (Wildman–Crippen LogP) is 5.17. The maximum Gasteiger partial charge on any atom is 0.216 e. The number of aromatic amines is 1. The molecular weight excluding hydrogens is 618 g/mol. The summed E-state index contributed by atoms with van der Waals surface area (Å²) < 4.78 is 4.57. The van der Waals surface area contributed by atoms with E-state index in [1.54, 1.807) is 6.21 Å². The molecule has 0 aliphatic carbocycles. The van der Waals surface area contributed by atoms with E-state index in [9.17, 15) is 5.11 Å². The molecule has 0 amide bonds. The van der Waals surface area contributed by atoms with Gasteiger partial charge in [0.05, 0.1) is 9.78 Å². The summed E-state index contributed by atoms with van der Waals surface area (Å²) in [7, 11) is 0. The van der Waals surface area contributed by atoms with E-state index in [0.29, 0.717) is 16.2 Å². The van der Waals surface area contributed by atoms with Crippen LogP contribution in [0.5, 0.6) is 5.75 Å². The number of H-pyrrole nitrogens is 1. The molecule has 2 N–H and O–H groups in total. The van der Waals surface area contributed by atoms with Crippen LogP contribution in [0.4, 0.5) is 0 Å². The molecule has 0 aliphatic heterocycles. The summed E-state index contributed by atoms with van der Waals surface area (Å²) >= 11 is 13.1. The molecular formula is C15H9BrI2N4OS. The van der Waals surface area contributed by atoms with Gasteiger partial charge in [0.25, 0.3) is 0 Å². The topological polar surface area (TPSA) is 66.2 Å². The zero-order valence-electron chi connectivity index (χ0n) is 11.9. The molecule has 0 bridgehead atoms. The first kappa shape index (κ1) is 18.0. The number of aromatic hydroxyl groups is 1. The zero-order valence-corrected chi connectivity index (χ0v) is 18.6. The molecule has 5 nitrogen and oxygen atoms in total. The van der Waals surface area contributed by atoms with Crippen molar-refractivity contribution in [3.63, 3.8) is 0 Å². The molecule has 1 aromatic heterocycles. The van der Waals surface area contributed by atoms with E-state index in [1.807, 2.05) is 36.4 Å². The Labute approximate surface area is 178 Å². The number of phenolic OH excluding ortho intramolecular Hbond substituents is 1. The Bertz CT molecular complexity index is 999. The van der Waals surface area contributed by atoms with Crippen molar-refractivity contribution in [2.24, 2.45) is 5.10 Å². The average molecular weight is 627 g/mol. The summed E-state index contributed by atoms with van der Waals surface area (Å²) in [6, 6.07) is 11.4. The van der Waals surface area contributed by atoms with Crippen molar-refractivity contribution in [1.82, 2.24) is 14.9 Å². The van der Waals surface area contributed by atoms with Crippen molar-refractivity contribution in [2.45, 2.75) is 0 Å². The second-order valence-electron chi connectivity index (χ2n) is 4.71. The molecule has 0 spiro atoms. The maximum atomic E-state index is 10.2.